The van der Waals surface area contributed by atoms with E-state index in [0.717, 1.165) is 32.4 Å². The van der Waals surface area contributed by atoms with Crippen LogP contribution in [-0.2, 0) is 16.0 Å². The lowest BCUT2D eigenvalue weighted by atomic mass is 10.1. The van der Waals surface area contributed by atoms with E-state index in [0.29, 0.717) is 6.61 Å². The number of carbonyl (C=O) groups excluding carboxylic acids is 1. The molecular formula is C13H17NO2. The van der Waals surface area contributed by atoms with Crippen LogP contribution in [0.3, 0.4) is 0 Å². The molecule has 0 saturated carbocycles. The van der Waals surface area contributed by atoms with Gasteiger partial charge in [0, 0.05) is 13.1 Å². The Morgan fingerprint density at radius 1 is 1.38 bits per heavy atom. The minimum absolute atomic E-state index is 0.0579. The van der Waals surface area contributed by atoms with Gasteiger partial charge < -0.3 is 9.53 Å². The Hall–Kier alpha value is -1.19. The molecule has 1 fully saturated rings. The average molecular weight is 219 g/mol. The molecule has 1 saturated heterocycles. The molecule has 0 amide bonds. The summed E-state index contributed by atoms with van der Waals surface area (Å²) in [5.41, 5.74) is 1.32. The van der Waals surface area contributed by atoms with Crippen molar-refractivity contribution in [2.75, 3.05) is 26.3 Å². The molecule has 1 atom stereocenters. The number of rotatable bonds is 4. The molecule has 1 unspecified atom stereocenters. The highest BCUT2D eigenvalue weighted by atomic mass is 16.5. The predicted molar refractivity (Wildman–Crippen MR) is 62.4 cm³/mol. The fraction of sp³-hybridized carbons (Fsp3) is 0.462. The number of carbonyl (C=O) groups is 1. The van der Waals surface area contributed by atoms with Crippen LogP contribution in [0.1, 0.15) is 5.56 Å². The Morgan fingerprint density at radius 3 is 2.94 bits per heavy atom. The van der Waals surface area contributed by atoms with Crippen LogP contribution in [0.2, 0.25) is 0 Å². The number of ether oxygens (including phenoxy) is 1. The summed E-state index contributed by atoms with van der Waals surface area (Å²) in [6.07, 6.45) is 1.98. The van der Waals surface area contributed by atoms with E-state index >= 15 is 0 Å². The largest absolute Gasteiger partial charge is 0.378 e. The van der Waals surface area contributed by atoms with E-state index in [1.165, 1.54) is 5.56 Å². The number of hydrogen-bond donors (Lipinski definition) is 0. The highest BCUT2D eigenvalue weighted by Crippen LogP contribution is 2.07. The first-order valence-corrected chi connectivity index (χ1v) is 5.71. The average Bonchev–Trinajstić information content (AvgIpc) is 2.38. The van der Waals surface area contributed by atoms with Gasteiger partial charge in [-0.2, -0.15) is 0 Å². The van der Waals surface area contributed by atoms with Gasteiger partial charge in [-0.15, -0.1) is 0 Å². The maximum absolute atomic E-state index is 10.9. The van der Waals surface area contributed by atoms with Gasteiger partial charge in [0.25, 0.3) is 0 Å². The van der Waals surface area contributed by atoms with Crippen LogP contribution >= 0.6 is 0 Å². The molecule has 16 heavy (non-hydrogen) atoms. The number of hydrogen-bond acceptors (Lipinski definition) is 3. The molecule has 1 aliphatic heterocycles. The molecule has 0 spiro atoms. The number of benzene rings is 1. The third-order valence-corrected chi connectivity index (χ3v) is 2.97. The van der Waals surface area contributed by atoms with Crippen molar-refractivity contribution in [2.45, 2.75) is 12.5 Å². The van der Waals surface area contributed by atoms with Crippen LogP contribution in [0.4, 0.5) is 0 Å². The van der Waals surface area contributed by atoms with Gasteiger partial charge >= 0.3 is 0 Å². The van der Waals surface area contributed by atoms with Crippen LogP contribution in [-0.4, -0.2) is 43.5 Å². The molecule has 0 aliphatic carbocycles. The molecule has 0 radical (unpaired) electrons. The van der Waals surface area contributed by atoms with Crippen molar-refractivity contribution in [3.8, 4) is 0 Å². The van der Waals surface area contributed by atoms with Gasteiger partial charge in [-0.25, -0.2) is 0 Å². The molecule has 1 aliphatic rings. The lowest BCUT2D eigenvalue weighted by Gasteiger charge is -2.32. The van der Waals surface area contributed by atoms with E-state index in [4.69, 9.17) is 4.74 Å². The summed E-state index contributed by atoms with van der Waals surface area (Å²) in [6.45, 7) is 3.06. The fourth-order valence-corrected chi connectivity index (χ4v) is 1.98. The molecule has 3 nitrogen and oxygen atoms in total. The highest BCUT2D eigenvalue weighted by Gasteiger charge is 2.21. The normalized spacial score (nSPS) is 21.9. The standard InChI is InChI=1S/C13H17NO2/c15-10-13-11-16-9-8-14(13)7-6-12-4-2-1-3-5-12/h1-5,10,13H,6-9,11H2. The Kier molecular flexibility index (Phi) is 4.08. The van der Waals surface area contributed by atoms with Crippen LogP contribution in [0.5, 0.6) is 0 Å². The maximum atomic E-state index is 10.9. The molecule has 0 aromatic heterocycles. The highest BCUT2D eigenvalue weighted by molar-refractivity contribution is 5.57. The summed E-state index contributed by atoms with van der Waals surface area (Å²) in [5.74, 6) is 0. The quantitative estimate of drug-likeness (QED) is 0.711. The molecule has 1 aromatic rings. The topological polar surface area (TPSA) is 29.5 Å². The zero-order valence-electron chi connectivity index (χ0n) is 9.34. The molecule has 1 aromatic carbocycles. The van der Waals surface area contributed by atoms with Gasteiger partial charge in [0.05, 0.1) is 19.3 Å². The van der Waals surface area contributed by atoms with Crippen molar-refractivity contribution in [1.29, 1.82) is 0 Å². The van der Waals surface area contributed by atoms with Gasteiger partial charge in [0.2, 0.25) is 0 Å². The Balaban J connectivity index is 1.86. The smallest absolute Gasteiger partial charge is 0.139 e. The van der Waals surface area contributed by atoms with Crippen LogP contribution in [0, 0.1) is 0 Å². The Morgan fingerprint density at radius 2 is 2.19 bits per heavy atom. The zero-order valence-corrected chi connectivity index (χ0v) is 9.34. The Bertz CT molecular complexity index is 326. The van der Waals surface area contributed by atoms with Gasteiger partial charge in [-0.05, 0) is 12.0 Å². The second kappa shape index (κ2) is 5.77. The molecule has 0 N–H and O–H groups in total. The second-order valence-corrected chi connectivity index (χ2v) is 4.05. The van der Waals surface area contributed by atoms with Crippen molar-refractivity contribution < 1.29 is 9.53 Å². The minimum atomic E-state index is -0.0579. The number of aldehydes is 1. The summed E-state index contributed by atoms with van der Waals surface area (Å²) in [6, 6.07) is 10.3. The predicted octanol–water partition coefficient (Wildman–Crippen LogP) is 1.13. The lowest BCUT2D eigenvalue weighted by Crippen LogP contribution is -2.47. The zero-order chi connectivity index (χ0) is 11.2. The van der Waals surface area contributed by atoms with Gasteiger partial charge in [-0.1, -0.05) is 30.3 Å². The molecule has 3 heteroatoms. The first-order valence-electron chi connectivity index (χ1n) is 5.71. The van der Waals surface area contributed by atoms with E-state index in [2.05, 4.69) is 17.0 Å². The Labute approximate surface area is 96.0 Å². The van der Waals surface area contributed by atoms with E-state index < -0.39 is 0 Å². The van der Waals surface area contributed by atoms with Gasteiger partial charge in [0.1, 0.15) is 6.29 Å². The maximum Gasteiger partial charge on any atom is 0.139 e. The van der Waals surface area contributed by atoms with Crippen molar-refractivity contribution in [2.24, 2.45) is 0 Å². The molecule has 86 valence electrons. The third kappa shape index (κ3) is 2.90. The summed E-state index contributed by atoms with van der Waals surface area (Å²) in [5, 5.41) is 0. The first-order chi connectivity index (χ1) is 7.90. The minimum Gasteiger partial charge on any atom is -0.378 e. The van der Waals surface area contributed by atoms with Gasteiger partial charge in [0.15, 0.2) is 0 Å². The van der Waals surface area contributed by atoms with E-state index in [1.54, 1.807) is 0 Å². The first kappa shape index (κ1) is 11.3. The van der Waals surface area contributed by atoms with Crippen LogP contribution in [0.15, 0.2) is 30.3 Å². The SMILES string of the molecule is O=CC1COCCN1CCc1ccccc1. The fourth-order valence-electron chi connectivity index (χ4n) is 1.98. The molecule has 1 heterocycles. The van der Waals surface area contributed by atoms with E-state index in [1.807, 2.05) is 18.2 Å². The lowest BCUT2D eigenvalue weighted by molar-refractivity contribution is -0.118. The molecular weight excluding hydrogens is 202 g/mol. The molecule has 0 bridgehead atoms. The van der Waals surface area contributed by atoms with E-state index in [9.17, 15) is 4.79 Å². The second-order valence-electron chi connectivity index (χ2n) is 4.05. The van der Waals surface area contributed by atoms with Crippen LogP contribution in [0.25, 0.3) is 0 Å². The van der Waals surface area contributed by atoms with Gasteiger partial charge in [-0.3, -0.25) is 4.90 Å². The summed E-state index contributed by atoms with van der Waals surface area (Å²) >= 11 is 0. The molecule has 2 rings (SSSR count). The monoisotopic (exact) mass is 219 g/mol. The van der Waals surface area contributed by atoms with Crippen molar-refractivity contribution in [3.05, 3.63) is 35.9 Å². The summed E-state index contributed by atoms with van der Waals surface area (Å²) in [4.78, 5) is 13.1. The van der Waals surface area contributed by atoms with Crippen LogP contribution < -0.4 is 0 Å². The van der Waals surface area contributed by atoms with Crippen molar-refractivity contribution >= 4 is 6.29 Å². The summed E-state index contributed by atoms with van der Waals surface area (Å²) in [7, 11) is 0. The van der Waals surface area contributed by atoms with Crippen molar-refractivity contribution in [3.63, 3.8) is 0 Å². The van der Waals surface area contributed by atoms with Crippen molar-refractivity contribution in [1.82, 2.24) is 4.90 Å². The number of nitrogens with zero attached hydrogens (tertiary/aromatic N) is 1. The third-order valence-electron chi connectivity index (χ3n) is 2.97. The van der Waals surface area contributed by atoms with E-state index in [-0.39, 0.29) is 6.04 Å². The number of morpholine rings is 1. The summed E-state index contributed by atoms with van der Waals surface area (Å²) < 4.78 is 5.28.